The highest BCUT2D eigenvalue weighted by atomic mass is 127. The van der Waals surface area contributed by atoms with E-state index in [1.54, 1.807) is 28.7 Å². The van der Waals surface area contributed by atoms with Gasteiger partial charge in [-0.25, -0.2) is 4.98 Å². The number of fused-ring (bicyclic) bond motifs is 1. The zero-order valence-corrected chi connectivity index (χ0v) is 11.0. The highest BCUT2D eigenvalue weighted by Crippen LogP contribution is 2.24. The van der Waals surface area contributed by atoms with E-state index in [-0.39, 0.29) is 3.79 Å². The van der Waals surface area contributed by atoms with E-state index in [0.717, 1.165) is 22.0 Å². The Morgan fingerprint density at radius 2 is 2.07 bits per heavy atom. The number of hydrogen-bond donors (Lipinski definition) is 1. The highest BCUT2D eigenvalue weighted by molar-refractivity contribution is 14.1. The van der Waals surface area contributed by atoms with Crippen molar-refractivity contribution in [3.63, 3.8) is 0 Å². The Hall–Kier alpha value is -0.620. The van der Waals surface area contributed by atoms with Crippen molar-refractivity contribution in [2.24, 2.45) is 0 Å². The van der Waals surface area contributed by atoms with Crippen LogP contribution in [-0.2, 0) is 0 Å². The lowest BCUT2D eigenvalue weighted by Crippen LogP contribution is -1.95. The smallest absolute Gasteiger partial charge is 0.223 e. The maximum absolute atomic E-state index is 11.5. The van der Waals surface area contributed by atoms with Crippen molar-refractivity contribution in [3.05, 3.63) is 35.4 Å². The van der Waals surface area contributed by atoms with Gasteiger partial charge in [0.1, 0.15) is 0 Å². The van der Waals surface area contributed by atoms with E-state index in [2.05, 4.69) is 17.6 Å². The molecule has 2 aromatic rings. The van der Waals surface area contributed by atoms with Crippen LogP contribution in [0.25, 0.3) is 10.9 Å². The number of carbonyl (C=O) groups excluding carboxylic acids is 1. The van der Waals surface area contributed by atoms with E-state index in [1.807, 2.05) is 25.1 Å². The minimum atomic E-state index is 0.0458. The quantitative estimate of drug-likeness (QED) is 0.494. The molecule has 4 heteroatoms. The van der Waals surface area contributed by atoms with Crippen LogP contribution < -0.4 is 0 Å². The molecule has 76 valence electrons. The number of hydrogen-bond acceptors (Lipinski definition) is 3. The van der Waals surface area contributed by atoms with Gasteiger partial charge in [0, 0.05) is 33.5 Å². The molecule has 0 fully saturated rings. The van der Waals surface area contributed by atoms with Gasteiger partial charge in [-0.05, 0) is 30.7 Å². The third kappa shape index (κ3) is 2.01. The Morgan fingerprint density at radius 3 is 2.73 bits per heavy atom. The molecule has 0 saturated carbocycles. The molecule has 0 aliphatic carbocycles. The third-order valence-corrected chi connectivity index (χ3v) is 3.05. The van der Waals surface area contributed by atoms with Gasteiger partial charge in [0.2, 0.25) is 3.79 Å². The van der Waals surface area contributed by atoms with Gasteiger partial charge in [-0.1, -0.05) is 6.07 Å². The first-order chi connectivity index (χ1) is 7.09. The predicted octanol–water partition coefficient (Wildman–Crippen LogP) is 3.41. The molecule has 0 amide bonds. The standard InChI is InChI=1S/C11H8INOS/c1-6-2-4-8-7(10(6)11(12)14)3-5-9(15)13-8/h2-5H,1H3,(H,13,15). The molecule has 1 heterocycles. The molecule has 0 saturated heterocycles. The summed E-state index contributed by atoms with van der Waals surface area (Å²) < 4.78 is 0.0458. The number of aryl methyl sites for hydroxylation is 1. The van der Waals surface area contributed by atoms with E-state index in [1.165, 1.54) is 0 Å². The number of benzene rings is 1. The lowest BCUT2D eigenvalue weighted by Gasteiger charge is -2.05. The zero-order valence-electron chi connectivity index (χ0n) is 7.99. The number of nitrogens with zero attached hydrogens (tertiary/aromatic N) is 1. The molecule has 1 aromatic heterocycles. The molecular weight excluding hydrogens is 321 g/mol. The molecule has 0 aliphatic heterocycles. The van der Waals surface area contributed by atoms with Crippen molar-refractivity contribution >= 4 is 49.9 Å². The van der Waals surface area contributed by atoms with Crippen LogP contribution in [0.3, 0.4) is 0 Å². The molecule has 15 heavy (non-hydrogen) atoms. The van der Waals surface area contributed by atoms with E-state index < -0.39 is 0 Å². The Morgan fingerprint density at radius 1 is 1.33 bits per heavy atom. The zero-order chi connectivity index (χ0) is 11.0. The number of carbonyl (C=O) groups is 1. The highest BCUT2D eigenvalue weighted by Gasteiger charge is 2.10. The SMILES string of the molecule is Cc1ccc2nc(S)ccc2c1C(=O)I. The first-order valence-corrected chi connectivity index (χ1v) is 5.91. The van der Waals surface area contributed by atoms with Gasteiger partial charge in [-0.2, -0.15) is 0 Å². The summed E-state index contributed by atoms with van der Waals surface area (Å²) in [7, 11) is 0. The summed E-state index contributed by atoms with van der Waals surface area (Å²) in [4.78, 5) is 15.8. The van der Waals surface area contributed by atoms with Crippen molar-refractivity contribution in [1.29, 1.82) is 0 Å². The first kappa shape index (κ1) is 10.9. The summed E-state index contributed by atoms with van der Waals surface area (Å²) in [5, 5.41) is 1.56. The number of rotatable bonds is 1. The Balaban J connectivity index is 2.88. The van der Waals surface area contributed by atoms with Crippen molar-refractivity contribution in [1.82, 2.24) is 4.98 Å². The second kappa shape index (κ2) is 4.09. The van der Waals surface area contributed by atoms with Crippen LogP contribution in [0.1, 0.15) is 15.9 Å². The van der Waals surface area contributed by atoms with Gasteiger partial charge in [-0.15, -0.1) is 12.6 Å². The number of halogens is 1. The number of thiol groups is 1. The van der Waals surface area contributed by atoms with Crippen LogP contribution in [0.4, 0.5) is 0 Å². The van der Waals surface area contributed by atoms with Crippen LogP contribution >= 0.6 is 35.2 Å². The van der Waals surface area contributed by atoms with E-state index >= 15 is 0 Å². The summed E-state index contributed by atoms with van der Waals surface area (Å²) in [5.41, 5.74) is 2.54. The summed E-state index contributed by atoms with van der Waals surface area (Å²) >= 11 is 5.98. The van der Waals surface area contributed by atoms with Gasteiger partial charge in [-0.3, -0.25) is 4.79 Å². The van der Waals surface area contributed by atoms with Gasteiger partial charge in [0.05, 0.1) is 10.5 Å². The third-order valence-electron chi connectivity index (χ3n) is 2.26. The largest absolute Gasteiger partial charge is 0.282 e. The van der Waals surface area contributed by atoms with Crippen LogP contribution in [0.5, 0.6) is 0 Å². The van der Waals surface area contributed by atoms with Gasteiger partial charge < -0.3 is 0 Å². The van der Waals surface area contributed by atoms with E-state index in [4.69, 9.17) is 0 Å². The minimum Gasteiger partial charge on any atom is -0.282 e. The van der Waals surface area contributed by atoms with Crippen molar-refractivity contribution in [3.8, 4) is 0 Å². The van der Waals surface area contributed by atoms with Gasteiger partial charge in [0.15, 0.2) is 0 Å². The maximum atomic E-state index is 11.5. The normalized spacial score (nSPS) is 10.6. The molecule has 0 N–H and O–H groups in total. The molecule has 1 aromatic carbocycles. The maximum Gasteiger partial charge on any atom is 0.223 e. The number of aromatic nitrogens is 1. The summed E-state index contributed by atoms with van der Waals surface area (Å²) in [6.45, 7) is 1.93. The molecule has 0 atom stereocenters. The molecule has 2 nitrogen and oxygen atoms in total. The monoisotopic (exact) mass is 329 g/mol. The van der Waals surface area contributed by atoms with E-state index in [9.17, 15) is 4.79 Å². The van der Waals surface area contributed by atoms with Crippen molar-refractivity contribution < 1.29 is 4.79 Å². The predicted molar refractivity (Wildman–Crippen MR) is 72.1 cm³/mol. The fraction of sp³-hybridized carbons (Fsp3) is 0.0909. The fourth-order valence-electron chi connectivity index (χ4n) is 1.56. The molecule has 0 unspecified atom stereocenters. The summed E-state index contributed by atoms with van der Waals surface area (Å²) in [5.74, 6) is 0. The van der Waals surface area contributed by atoms with Crippen LogP contribution in [0, 0.1) is 6.92 Å². The molecule has 0 radical (unpaired) electrons. The molecule has 0 aliphatic rings. The van der Waals surface area contributed by atoms with E-state index in [0.29, 0.717) is 5.03 Å². The van der Waals surface area contributed by atoms with Gasteiger partial charge >= 0.3 is 0 Å². The Labute approximate surface area is 107 Å². The first-order valence-electron chi connectivity index (χ1n) is 4.39. The van der Waals surface area contributed by atoms with Crippen LogP contribution in [-0.4, -0.2) is 8.77 Å². The van der Waals surface area contributed by atoms with Gasteiger partial charge in [0.25, 0.3) is 0 Å². The lowest BCUT2D eigenvalue weighted by atomic mass is 10.0. The fourth-order valence-corrected chi connectivity index (χ4v) is 2.46. The summed E-state index contributed by atoms with van der Waals surface area (Å²) in [6, 6.07) is 7.51. The Kier molecular flexibility index (Phi) is 2.97. The van der Waals surface area contributed by atoms with Crippen molar-refractivity contribution in [2.75, 3.05) is 0 Å². The molecule has 2 rings (SSSR count). The van der Waals surface area contributed by atoms with Crippen LogP contribution in [0.15, 0.2) is 29.3 Å². The van der Waals surface area contributed by atoms with Crippen LogP contribution in [0.2, 0.25) is 0 Å². The van der Waals surface area contributed by atoms with Crippen molar-refractivity contribution in [2.45, 2.75) is 11.9 Å². The molecular formula is C11H8INOS. The Bertz CT molecular complexity index is 554. The number of pyridine rings is 1. The average Bonchev–Trinajstić information content (AvgIpc) is 2.17. The minimum absolute atomic E-state index is 0.0458. The second-order valence-electron chi connectivity index (χ2n) is 3.27. The molecule has 0 bridgehead atoms. The second-order valence-corrected chi connectivity index (χ2v) is 4.71. The summed E-state index contributed by atoms with van der Waals surface area (Å²) in [6.07, 6.45) is 0. The molecule has 0 spiro atoms. The average molecular weight is 329 g/mol. The lowest BCUT2D eigenvalue weighted by molar-refractivity contribution is 0.110. The topological polar surface area (TPSA) is 30.0 Å².